The molecule has 3 heteroatoms. The first-order valence-electron chi connectivity index (χ1n) is 6.72. The fourth-order valence-corrected chi connectivity index (χ4v) is 1.83. The maximum atomic E-state index is 11.3. The first-order chi connectivity index (χ1) is 8.39. The third-order valence-corrected chi connectivity index (χ3v) is 2.82. The van der Waals surface area contributed by atoms with Crippen LogP contribution in [-0.2, 0) is 14.3 Å². The first kappa shape index (κ1) is 14.4. The summed E-state index contributed by atoms with van der Waals surface area (Å²) in [5.41, 5.74) is 0. The fourth-order valence-electron chi connectivity index (χ4n) is 1.83. The van der Waals surface area contributed by atoms with Crippen molar-refractivity contribution in [3.8, 4) is 0 Å². The fraction of sp³-hybridized carbons (Fsp3) is 0.786. The van der Waals surface area contributed by atoms with Gasteiger partial charge in [0.15, 0.2) is 5.78 Å². The van der Waals surface area contributed by atoms with E-state index in [1.807, 2.05) is 6.08 Å². The second kappa shape index (κ2) is 10.5. The Bertz CT molecular complexity index is 224. The second-order valence-corrected chi connectivity index (χ2v) is 4.49. The Balaban J connectivity index is 2.19. The van der Waals surface area contributed by atoms with Crippen LogP contribution in [0.4, 0.5) is 0 Å². The normalized spacial score (nSPS) is 24.4. The lowest BCUT2D eigenvalue weighted by molar-refractivity contribution is -0.127. The molecule has 0 bridgehead atoms. The third-order valence-electron chi connectivity index (χ3n) is 2.82. The van der Waals surface area contributed by atoms with Crippen LogP contribution < -0.4 is 0 Å². The molecule has 0 unspecified atom stereocenters. The molecule has 0 atom stereocenters. The van der Waals surface area contributed by atoms with Crippen LogP contribution in [0.25, 0.3) is 0 Å². The predicted octanol–water partition coefficient (Wildman–Crippen LogP) is 2.89. The SMILES string of the molecule is O=C1COC/C=C/CCCCCCCCOC1. The Kier molecular flexibility index (Phi) is 8.87. The van der Waals surface area contributed by atoms with Crippen molar-refractivity contribution in [2.45, 2.75) is 44.9 Å². The van der Waals surface area contributed by atoms with Gasteiger partial charge in [0.1, 0.15) is 13.2 Å². The van der Waals surface area contributed by atoms with Gasteiger partial charge in [0.25, 0.3) is 0 Å². The molecule has 0 aromatic carbocycles. The Morgan fingerprint density at radius 2 is 1.53 bits per heavy atom. The molecule has 0 aromatic rings. The van der Waals surface area contributed by atoms with Gasteiger partial charge in [-0.15, -0.1) is 0 Å². The number of carbonyl (C=O) groups excluding carboxylic acids is 1. The minimum absolute atomic E-state index is 0.0329. The maximum absolute atomic E-state index is 11.3. The standard InChI is InChI=1S/C14H24O3/c15-14-12-16-10-8-6-4-2-1-3-5-7-9-11-17-13-14/h6,8H,1-5,7,9-13H2/b8-6+. The molecule has 1 rings (SSSR count). The van der Waals surface area contributed by atoms with Gasteiger partial charge in [0.2, 0.25) is 0 Å². The van der Waals surface area contributed by atoms with Crippen LogP contribution in [0.5, 0.6) is 0 Å². The van der Waals surface area contributed by atoms with Crippen molar-refractivity contribution in [1.82, 2.24) is 0 Å². The van der Waals surface area contributed by atoms with Crippen molar-refractivity contribution >= 4 is 5.78 Å². The number of ether oxygens (including phenoxy) is 2. The zero-order valence-electron chi connectivity index (χ0n) is 10.7. The highest BCUT2D eigenvalue weighted by molar-refractivity contribution is 5.80. The molecule has 0 saturated carbocycles. The van der Waals surface area contributed by atoms with Crippen LogP contribution >= 0.6 is 0 Å². The molecule has 0 fully saturated rings. The topological polar surface area (TPSA) is 35.5 Å². The summed E-state index contributed by atoms with van der Waals surface area (Å²) in [7, 11) is 0. The van der Waals surface area contributed by atoms with E-state index in [9.17, 15) is 4.79 Å². The summed E-state index contributed by atoms with van der Waals surface area (Å²) in [5, 5.41) is 0. The largest absolute Gasteiger partial charge is 0.374 e. The Labute approximate surface area is 104 Å². The van der Waals surface area contributed by atoms with Gasteiger partial charge >= 0.3 is 0 Å². The molecule has 0 aliphatic carbocycles. The van der Waals surface area contributed by atoms with Gasteiger partial charge in [0.05, 0.1) is 6.61 Å². The molecule has 0 radical (unpaired) electrons. The highest BCUT2D eigenvalue weighted by Gasteiger charge is 2.01. The summed E-state index contributed by atoms with van der Waals surface area (Å²) in [6, 6.07) is 0. The molecule has 0 amide bonds. The number of Topliss-reactive ketones (excluding diaryl/α,β-unsaturated/α-hetero) is 1. The number of allylic oxidation sites excluding steroid dienone is 1. The summed E-state index contributed by atoms with van der Waals surface area (Å²) in [6.45, 7) is 1.60. The molecule has 0 saturated heterocycles. The van der Waals surface area contributed by atoms with E-state index in [0.29, 0.717) is 13.2 Å². The lowest BCUT2D eigenvalue weighted by Crippen LogP contribution is -2.16. The lowest BCUT2D eigenvalue weighted by atomic mass is 10.1. The second-order valence-electron chi connectivity index (χ2n) is 4.49. The van der Waals surface area contributed by atoms with Crippen LogP contribution in [-0.4, -0.2) is 32.2 Å². The molecule has 1 aliphatic heterocycles. The highest BCUT2D eigenvalue weighted by Crippen LogP contribution is 2.07. The minimum atomic E-state index is 0.0329. The van der Waals surface area contributed by atoms with E-state index < -0.39 is 0 Å². The molecule has 98 valence electrons. The van der Waals surface area contributed by atoms with Crippen LogP contribution in [0.15, 0.2) is 12.2 Å². The van der Waals surface area contributed by atoms with E-state index >= 15 is 0 Å². The van der Waals surface area contributed by atoms with Gasteiger partial charge in [-0.2, -0.15) is 0 Å². The Morgan fingerprint density at radius 3 is 2.41 bits per heavy atom. The van der Waals surface area contributed by atoms with Gasteiger partial charge in [0, 0.05) is 6.61 Å². The molecule has 1 aliphatic rings. The van der Waals surface area contributed by atoms with Gasteiger partial charge in [-0.3, -0.25) is 4.79 Å². The smallest absolute Gasteiger partial charge is 0.183 e. The lowest BCUT2D eigenvalue weighted by Gasteiger charge is -2.05. The zero-order chi connectivity index (χ0) is 12.2. The molecule has 1 heterocycles. The summed E-state index contributed by atoms with van der Waals surface area (Å²) >= 11 is 0. The van der Waals surface area contributed by atoms with Gasteiger partial charge in [-0.25, -0.2) is 0 Å². The van der Waals surface area contributed by atoms with Gasteiger partial charge < -0.3 is 9.47 Å². The van der Waals surface area contributed by atoms with Gasteiger partial charge in [-0.1, -0.05) is 37.8 Å². The van der Waals surface area contributed by atoms with E-state index in [-0.39, 0.29) is 19.0 Å². The van der Waals surface area contributed by atoms with Crippen molar-refractivity contribution in [3.63, 3.8) is 0 Å². The van der Waals surface area contributed by atoms with E-state index in [1.165, 1.54) is 32.1 Å². The van der Waals surface area contributed by atoms with E-state index in [0.717, 1.165) is 12.8 Å². The number of ketones is 1. The monoisotopic (exact) mass is 240 g/mol. The minimum Gasteiger partial charge on any atom is -0.374 e. The molecule has 0 spiro atoms. The first-order valence-corrected chi connectivity index (χ1v) is 6.72. The number of rotatable bonds is 0. The average molecular weight is 240 g/mol. The van der Waals surface area contributed by atoms with E-state index in [1.54, 1.807) is 0 Å². The van der Waals surface area contributed by atoms with Crippen molar-refractivity contribution in [2.75, 3.05) is 26.4 Å². The summed E-state index contributed by atoms with van der Waals surface area (Å²) in [4.78, 5) is 11.3. The molecular formula is C14H24O3. The van der Waals surface area contributed by atoms with Gasteiger partial charge in [-0.05, 0) is 19.3 Å². The predicted molar refractivity (Wildman–Crippen MR) is 68.1 cm³/mol. The molecule has 0 N–H and O–H groups in total. The highest BCUT2D eigenvalue weighted by atomic mass is 16.5. The van der Waals surface area contributed by atoms with E-state index in [4.69, 9.17) is 9.47 Å². The number of hydrogen-bond donors (Lipinski definition) is 0. The van der Waals surface area contributed by atoms with Crippen molar-refractivity contribution in [2.24, 2.45) is 0 Å². The van der Waals surface area contributed by atoms with Crippen molar-refractivity contribution in [1.29, 1.82) is 0 Å². The summed E-state index contributed by atoms with van der Waals surface area (Å²) in [5.74, 6) is 0.0329. The molecule has 17 heavy (non-hydrogen) atoms. The summed E-state index contributed by atoms with van der Waals surface area (Å²) in [6.07, 6.45) is 12.7. The Morgan fingerprint density at radius 1 is 0.824 bits per heavy atom. The summed E-state index contributed by atoms with van der Waals surface area (Å²) < 4.78 is 10.5. The van der Waals surface area contributed by atoms with Crippen LogP contribution in [0.3, 0.4) is 0 Å². The number of carbonyl (C=O) groups is 1. The van der Waals surface area contributed by atoms with Crippen LogP contribution in [0, 0.1) is 0 Å². The molecule has 0 aromatic heterocycles. The van der Waals surface area contributed by atoms with Crippen molar-refractivity contribution in [3.05, 3.63) is 12.2 Å². The quantitative estimate of drug-likeness (QED) is 0.611. The average Bonchev–Trinajstić information content (AvgIpc) is 2.32. The third kappa shape index (κ3) is 9.07. The van der Waals surface area contributed by atoms with E-state index in [2.05, 4.69) is 6.08 Å². The van der Waals surface area contributed by atoms with Crippen LogP contribution in [0.1, 0.15) is 44.9 Å². The number of hydrogen-bond acceptors (Lipinski definition) is 3. The van der Waals surface area contributed by atoms with Crippen LogP contribution in [0.2, 0.25) is 0 Å². The maximum Gasteiger partial charge on any atom is 0.183 e. The molecule has 3 nitrogen and oxygen atoms in total. The zero-order valence-corrected chi connectivity index (χ0v) is 10.7. The molecular weight excluding hydrogens is 216 g/mol. The Hall–Kier alpha value is -0.670. The van der Waals surface area contributed by atoms with Crippen molar-refractivity contribution < 1.29 is 14.3 Å².